The van der Waals surface area contributed by atoms with Gasteiger partial charge in [-0.1, -0.05) is 193 Å². The highest BCUT2D eigenvalue weighted by Crippen LogP contribution is 2.42. The standard InChI is InChI=1S/C18H15P.C17H11Cl.C16H10ClNO2/c1-4-10-16(11-5-1)19(17-12-6-2-7-13-17)18-14-8-3-9-15-18;18-14-7-8-16-13(10-14)9-12-6-5-11-3-1-2-4-15(11)17(12)16;17-13-8-5-12(6-9-13)16-14-4-2-1-3-11(14)7-10-15(16)18(19)20/h1-15H;1-8,10H,9H2;1-10H. The Kier molecular flexibility index (Phi) is 11.5. The Balaban J connectivity index is 0.000000120. The third-order valence-electron chi connectivity index (χ3n) is 10.0. The zero-order chi connectivity index (χ0) is 39.1. The van der Waals surface area contributed by atoms with E-state index in [-0.39, 0.29) is 10.6 Å². The Morgan fingerprint density at radius 3 is 1.47 bits per heavy atom. The summed E-state index contributed by atoms with van der Waals surface area (Å²) in [5.74, 6) is 0. The van der Waals surface area contributed by atoms with E-state index in [0.29, 0.717) is 10.6 Å². The molecular formula is C51H36Cl2NO2P. The Morgan fingerprint density at radius 2 is 0.930 bits per heavy atom. The minimum atomic E-state index is -0.446. The number of nitrogens with zero attached hydrogens (tertiary/aromatic N) is 1. The lowest BCUT2D eigenvalue weighted by atomic mass is 9.96. The summed E-state index contributed by atoms with van der Waals surface area (Å²) in [4.78, 5) is 10.9. The average molecular weight is 797 g/mol. The van der Waals surface area contributed by atoms with Crippen LogP contribution >= 0.6 is 31.1 Å². The van der Waals surface area contributed by atoms with Crippen molar-refractivity contribution in [3.8, 4) is 22.3 Å². The third-order valence-corrected chi connectivity index (χ3v) is 12.9. The number of hydrogen-bond donors (Lipinski definition) is 0. The molecule has 0 aromatic heterocycles. The number of benzene rings is 9. The van der Waals surface area contributed by atoms with Gasteiger partial charge in [0.1, 0.15) is 0 Å². The highest BCUT2D eigenvalue weighted by molar-refractivity contribution is 7.79. The van der Waals surface area contributed by atoms with E-state index in [1.165, 1.54) is 48.9 Å². The minimum absolute atomic E-state index is 0.103. The van der Waals surface area contributed by atoms with Crippen molar-refractivity contribution >= 4 is 74.3 Å². The molecule has 0 heterocycles. The summed E-state index contributed by atoms with van der Waals surface area (Å²) in [6.07, 6.45) is 0.996. The minimum Gasteiger partial charge on any atom is -0.258 e. The molecule has 0 radical (unpaired) electrons. The van der Waals surface area contributed by atoms with Crippen LogP contribution in [-0.4, -0.2) is 4.92 Å². The van der Waals surface area contributed by atoms with Gasteiger partial charge in [0.25, 0.3) is 5.69 Å². The molecule has 0 atom stereocenters. The first-order valence-electron chi connectivity index (χ1n) is 18.6. The van der Waals surface area contributed by atoms with Crippen molar-refractivity contribution in [3.05, 3.63) is 238 Å². The van der Waals surface area contributed by atoms with Gasteiger partial charge < -0.3 is 0 Å². The molecule has 0 spiro atoms. The monoisotopic (exact) mass is 795 g/mol. The van der Waals surface area contributed by atoms with Gasteiger partial charge in [0.2, 0.25) is 0 Å². The van der Waals surface area contributed by atoms with E-state index in [1.54, 1.807) is 36.4 Å². The van der Waals surface area contributed by atoms with Crippen LogP contribution in [0.1, 0.15) is 11.1 Å². The molecule has 0 unspecified atom stereocenters. The molecule has 10 rings (SSSR count). The molecule has 3 nitrogen and oxygen atoms in total. The fourth-order valence-electron chi connectivity index (χ4n) is 7.45. The van der Waals surface area contributed by atoms with Crippen molar-refractivity contribution in [2.24, 2.45) is 0 Å². The predicted octanol–water partition coefficient (Wildman–Crippen LogP) is 13.6. The van der Waals surface area contributed by atoms with Gasteiger partial charge in [0.05, 0.1) is 10.5 Å². The van der Waals surface area contributed by atoms with Crippen molar-refractivity contribution in [2.45, 2.75) is 6.42 Å². The van der Waals surface area contributed by atoms with Crippen LogP contribution in [0.4, 0.5) is 5.69 Å². The van der Waals surface area contributed by atoms with Gasteiger partial charge in [0.15, 0.2) is 0 Å². The molecule has 0 amide bonds. The fourth-order valence-corrected chi connectivity index (χ4v) is 10.1. The summed E-state index contributed by atoms with van der Waals surface area (Å²) in [7, 11) is -0.446. The van der Waals surface area contributed by atoms with Crippen LogP contribution in [-0.2, 0) is 6.42 Å². The van der Waals surface area contributed by atoms with Gasteiger partial charge in [-0.3, -0.25) is 10.1 Å². The van der Waals surface area contributed by atoms with Gasteiger partial charge in [-0.15, -0.1) is 0 Å². The second-order valence-corrected chi connectivity index (χ2v) is 16.7. The van der Waals surface area contributed by atoms with Crippen molar-refractivity contribution < 1.29 is 4.92 Å². The molecule has 6 heteroatoms. The van der Waals surface area contributed by atoms with Gasteiger partial charge >= 0.3 is 0 Å². The summed E-state index contributed by atoms with van der Waals surface area (Å²) in [5, 5.41) is 21.4. The first-order valence-corrected chi connectivity index (χ1v) is 20.7. The molecule has 1 aliphatic rings. The summed E-state index contributed by atoms with van der Waals surface area (Å²) >= 11 is 12.0. The van der Waals surface area contributed by atoms with Crippen LogP contribution in [0.5, 0.6) is 0 Å². The smallest absolute Gasteiger partial charge is 0.258 e. The number of nitro benzene ring substituents is 1. The van der Waals surface area contributed by atoms with Gasteiger partial charge in [0, 0.05) is 16.1 Å². The first kappa shape index (κ1) is 37.8. The maximum Gasteiger partial charge on any atom is 0.277 e. The fraction of sp³-hybridized carbons (Fsp3) is 0.0196. The van der Waals surface area contributed by atoms with E-state index in [2.05, 4.69) is 140 Å². The first-order chi connectivity index (χ1) is 27.9. The lowest BCUT2D eigenvalue weighted by Gasteiger charge is -2.18. The third kappa shape index (κ3) is 8.38. The number of fused-ring (bicyclic) bond motifs is 6. The SMILES string of the molecule is Clc1ccc2c(c1)Cc1ccc3ccccc3c1-2.O=[N+]([O-])c1ccc2ccccc2c1-c1ccc(Cl)cc1.c1ccc(P(c2ccccc2)c2ccccc2)cc1. The topological polar surface area (TPSA) is 43.1 Å². The molecule has 9 aromatic carbocycles. The Morgan fingerprint density at radius 1 is 0.456 bits per heavy atom. The maximum absolute atomic E-state index is 11.3. The molecule has 0 saturated heterocycles. The molecule has 0 bridgehead atoms. The molecule has 57 heavy (non-hydrogen) atoms. The molecule has 9 aromatic rings. The van der Waals surface area contributed by atoms with Crippen molar-refractivity contribution in [3.63, 3.8) is 0 Å². The molecular weight excluding hydrogens is 760 g/mol. The van der Waals surface area contributed by atoms with E-state index in [1.807, 2.05) is 30.3 Å². The van der Waals surface area contributed by atoms with Crippen LogP contribution in [0.15, 0.2) is 206 Å². The van der Waals surface area contributed by atoms with Crippen molar-refractivity contribution in [1.29, 1.82) is 0 Å². The van der Waals surface area contributed by atoms with E-state index < -0.39 is 7.92 Å². The van der Waals surface area contributed by atoms with E-state index >= 15 is 0 Å². The van der Waals surface area contributed by atoms with Crippen LogP contribution < -0.4 is 15.9 Å². The summed E-state index contributed by atoms with van der Waals surface area (Å²) in [6.45, 7) is 0. The van der Waals surface area contributed by atoms with E-state index in [0.717, 1.165) is 27.8 Å². The van der Waals surface area contributed by atoms with Crippen LogP contribution in [0.25, 0.3) is 43.8 Å². The lowest BCUT2D eigenvalue weighted by molar-refractivity contribution is -0.384. The highest BCUT2D eigenvalue weighted by atomic mass is 35.5. The summed E-state index contributed by atoms with van der Waals surface area (Å²) in [6, 6.07) is 69.6. The Hall–Kier alpha value is -6.09. The summed E-state index contributed by atoms with van der Waals surface area (Å²) < 4.78 is 0. The Labute approximate surface area is 343 Å². The normalized spacial score (nSPS) is 11.2. The average Bonchev–Trinajstić information content (AvgIpc) is 3.63. The maximum atomic E-state index is 11.3. The van der Waals surface area contributed by atoms with Gasteiger partial charge in [-0.05, 0) is 110 Å². The van der Waals surface area contributed by atoms with E-state index in [9.17, 15) is 10.1 Å². The predicted molar refractivity (Wildman–Crippen MR) is 243 cm³/mol. The highest BCUT2D eigenvalue weighted by Gasteiger charge is 2.21. The van der Waals surface area contributed by atoms with Gasteiger partial charge in [-0.25, -0.2) is 0 Å². The van der Waals surface area contributed by atoms with Crippen LogP contribution in [0.2, 0.25) is 10.0 Å². The second kappa shape index (κ2) is 17.4. The number of halogens is 2. The number of nitro groups is 1. The molecule has 0 N–H and O–H groups in total. The number of hydrogen-bond acceptors (Lipinski definition) is 2. The number of rotatable bonds is 5. The molecule has 0 aliphatic heterocycles. The molecule has 1 aliphatic carbocycles. The quantitative estimate of drug-likeness (QED) is 0.0989. The zero-order valence-corrected chi connectivity index (χ0v) is 33.2. The lowest BCUT2D eigenvalue weighted by Crippen LogP contribution is -2.20. The zero-order valence-electron chi connectivity index (χ0n) is 30.8. The molecule has 0 fully saturated rings. The largest absolute Gasteiger partial charge is 0.277 e. The van der Waals surface area contributed by atoms with E-state index in [4.69, 9.17) is 23.2 Å². The molecule has 276 valence electrons. The van der Waals surface area contributed by atoms with Crippen molar-refractivity contribution in [2.75, 3.05) is 0 Å². The summed E-state index contributed by atoms with van der Waals surface area (Å²) in [5.41, 5.74) is 7.00. The van der Waals surface area contributed by atoms with Gasteiger partial charge in [-0.2, -0.15) is 0 Å². The van der Waals surface area contributed by atoms with Crippen LogP contribution in [0.3, 0.4) is 0 Å². The van der Waals surface area contributed by atoms with Crippen molar-refractivity contribution in [1.82, 2.24) is 0 Å². The Bertz CT molecular complexity index is 2720. The van der Waals surface area contributed by atoms with Crippen LogP contribution in [0, 0.1) is 10.1 Å². The second-order valence-electron chi connectivity index (χ2n) is 13.6. The molecule has 0 saturated carbocycles.